The smallest absolute Gasteiger partial charge is 0.261 e. The minimum atomic E-state index is -3.78. The lowest BCUT2D eigenvalue weighted by atomic mass is 10.3. The van der Waals surface area contributed by atoms with E-state index in [0.717, 1.165) is 0 Å². The van der Waals surface area contributed by atoms with Gasteiger partial charge in [0.05, 0.1) is 33.4 Å². The molecule has 2 aromatic rings. The summed E-state index contributed by atoms with van der Waals surface area (Å²) in [4.78, 5) is 3.86. The second-order valence-electron chi connectivity index (χ2n) is 3.90. The maximum Gasteiger partial charge on any atom is 0.261 e. The predicted octanol–water partition coefficient (Wildman–Crippen LogP) is 3.96. The van der Waals surface area contributed by atoms with Gasteiger partial charge in [0.15, 0.2) is 0 Å². The van der Waals surface area contributed by atoms with Crippen molar-refractivity contribution in [1.29, 1.82) is 0 Å². The van der Waals surface area contributed by atoms with Gasteiger partial charge in [0.25, 0.3) is 10.0 Å². The van der Waals surface area contributed by atoms with E-state index < -0.39 is 10.0 Å². The minimum absolute atomic E-state index is 0.0133. The Labute approximate surface area is 140 Å². The number of sulfonamides is 1. The first kappa shape index (κ1) is 16.4. The number of halogens is 3. The van der Waals surface area contributed by atoms with Gasteiger partial charge in [-0.1, -0.05) is 23.2 Å². The van der Waals surface area contributed by atoms with Gasteiger partial charge < -0.3 is 4.74 Å². The van der Waals surface area contributed by atoms with E-state index in [2.05, 4.69) is 25.6 Å². The lowest BCUT2D eigenvalue weighted by Crippen LogP contribution is -2.13. The van der Waals surface area contributed by atoms with Crippen LogP contribution >= 0.6 is 39.1 Å². The summed E-state index contributed by atoms with van der Waals surface area (Å²) >= 11 is 14.9. The van der Waals surface area contributed by atoms with Crippen LogP contribution in [0.25, 0.3) is 0 Å². The van der Waals surface area contributed by atoms with Gasteiger partial charge >= 0.3 is 0 Å². The molecule has 5 nitrogen and oxygen atoms in total. The van der Waals surface area contributed by atoms with Crippen LogP contribution in [-0.2, 0) is 10.0 Å². The fourth-order valence-corrected chi connectivity index (χ4v) is 3.34. The normalized spacial score (nSPS) is 11.2. The van der Waals surface area contributed by atoms with Crippen LogP contribution in [0.15, 0.2) is 39.8 Å². The van der Waals surface area contributed by atoms with Crippen LogP contribution in [0.2, 0.25) is 10.2 Å². The number of hydrogen-bond acceptors (Lipinski definition) is 4. The molecule has 0 aliphatic heterocycles. The van der Waals surface area contributed by atoms with E-state index in [1.54, 1.807) is 0 Å². The lowest BCUT2D eigenvalue weighted by molar-refractivity contribution is 0.414. The molecule has 1 heterocycles. The van der Waals surface area contributed by atoms with Crippen molar-refractivity contribution < 1.29 is 13.2 Å². The summed E-state index contributed by atoms with van der Waals surface area (Å²) in [5.41, 5.74) is 0.276. The summed E-state index contributed by atoms with van der Waals surface area (Å²) in [6.07, 6.45) is 1.32. The Hall–Kier alpha value is -1.02. The van der Waals surface area contributed by atoms with E-state index in [1.807, 2.05) is 0 Å². The second-order valence-corrected chi connectivity index (χ2v) is 7.20. The van der Waals surface area contributed by atoms with Crippen LogP contribution in [0.3, 0.4) is 0 Å². The Morgan fingerprint density at radius 1 is 1.29 bits per heavy atom. The van der Waals surface area contributed by atoms with Gasteiger partial charge in [-0.2, -0.15) is 0 Å². The zero-order valence-electron chi connectivity index (χ0n) is 10.6. The van der Waals surface area contributed by atoms with Gasteiger partial charge in [-0.15, -0.1) is 0 Å². The predicted molar refractivity (Wildman–Crippen MR) is 85.8 cm³/mol. The number of hydrogen-bond donors (Lipinski definition) is 1. The Balaban J connectivity index is 2.33. The number of nitrogens with one attached hydrogen (secondary N) is 1. The monoisotopic (exact) mass is 410 g/mol. The van der Waals surface area contributed by atoms with Gasteiger partial charge in [0.1, 0.15) is 10.9 Å². The molecule has 0 saturated carbocycles. The molecule has 0 fully saturated rings. The number of nitrogens with zero attached hydrogens (tertiary/aromatic N) is 1. The van der Waals surface area contributed by atoms with E-state index in [9.17, 15) is 8.42 Å². The molecule has 0 bridgehead atoms. The molecular weight excluding hydrogens is 403 g/mol. The summed E-state index contributed by atoms with van der Waals surface area (Å²) in [6, 6.07) is 5.69. The van der Waals surface area contributed by atoms with E-state index in [0.29, 0.717) is 10.2 Å². The van der Waals surface area contributed by atoms with Gasteiger partial charge in [0.2, 0.25) is 0 Å². The molecule has 0 spiro atoms. The lowest BCUT2D eigenvalue weighted by Gasteiger charge is -2.10. The highest BCUT2D eigenvalue weighted by atomic mass is 79.9. The molecule has 1 N–H and O–H groups in total. The van der Waals surface area contributed by atoms with Crippen molar-refractivity contribution in [2.24, 2.45) is 0 Å². The molecule has 0 unspecified atom stereocenters. The van der Waals surface area contributed by atoms with Gasteiger partial charge in [0, 0.05) is 0 Å². The molecule has 1 aromatic carbocycles. The van der Waals surface area contributed by atoms with Crippen molar-refractivity contribution in [2.45, 2.75) is 4.90 Å². The summed E-state index contributed by atoms with van der Waals surface area (Å²) in [5.74, 6) is 0.395. The van der Waals surface area contributed by atoms with Crippen molar-refractivity contribution >= 4 is 54.8 Å². The summed E-state index contributed by atoms with van der Waals surface area (Å²) in [6.45, 7) is 0. The Kier molecular flexibility index (Phi) is 4.98. The zero-order valence-corrected chi connectivity index (χ0v) is 14.5. The van der Waals surface area contributed by atoms with Gasteiger partial charge in [-0.05, 0) is 40.2 Å². The van der Waals surface area contributed by atoms with Crippen LogP contribution in [-0.4, -0.2) is 20.5 Å². The second kappa shape index (κ2) is 6.39. The number of benzene rings is 1. The third-order valence-electron chi connectivity index (χ3n) is 2.48. The fourth-order valence-electron chi connectivity index (χ4n) is 1.51. The van der Waals surface area contributed by atoms with E-state index in [4.69, 9.17) is 27.9 Å². The van der Waals surface area contributed by atoms with Crippen molar-refractivity contribution in [3.05, 3.63) is 45.1 Å². The largest absolute Gasteiger partial charge is 0.495 e. The Bertz CT molecular complexity index is 784. The van der Waals surface area contributed by atoms with Crippen molar-refractivity contribution in [1.82, 2.24) is 4.98 Å². The molecule has 0 saturated heterocycles. The van der Waals surface area contributed by atoms with Crippen LogP contribution in [0.5, 0.6) is 5.75 Å². The van der Waals surface area contributed by atoms with E-state index in [1.165, 1.54) is 37.6 Å². The number of ether oxygens (including phenoxy) is 1. The number of pyridine rings is 1. The molecule has 0 amide bonds. The summed E-state index contributed by atoms with van der Waals surface area (Å²) in [7, 11) is -2.34. The maximum absolute atomic E-state index is 12.3. The molecule has 112 valence electrons. The molecular formula is C12H9BrCl2N2O3S. The molecule has 2 rings (SSSR count). The molecule has 21 heavy (non-hydrogen) atoms. The molecule has 9 heteroatoms. The molecule has 1 aromatic heterocycles. The Morgan fingerprint density at radius 2 is 2.00 bits per heavy atom. The standard InChI is InChI=1S/C12H9BrCl2N2O3S/c1-20-11-3-2-8(5-10(11)14)21(18,19)17-7-4-9(13)12(15)16-6-7/h2-6,17H,1H3. The minimum Gasteiger partial charge on any atom is -0.495 e. The highest BCUT2D eigenvalue weighted by Crippen LogP contribution is 2.29. The van der Waals surface area contributed by atoms with Crippen LogP contribution in [0, 0.1) is 0 Å². The van der Waals surface area contributed by atoms with Gasteiger partial charge in [-0.3, -0.25) is 4.72 Å². The number of anilines is 1. The topological polar surface area (TPSA) is 68.3 Å². The van der Waals surface area contributed by atoms with Crippen LogP contribution < -0.4 is 9.46 Å². The maximum atomic E-state index is 12.3. The fraction of sp³-hybridized carbons (Fsp3) is 0.0833. The van der Waals surface area contributed by atoms with Crippen molar-refractivity contribution in [2.75, 3.05) is 11.8 Å². The number of rotatable bonds is 4. The highest BCUT2D eigenvalue weighted by Gasteiger charge is 2.17. The average molecular weight is 412 g/mol. The first-order chi connectivity index (χ1) is 9.83. The van der Waals surface area contributed by atoms with Gasteiger partial charge in [-0.25, -0.2) is 13.4 Å². The molecule has 0 aliphatic rings. The Morgan fingerprint density at radius 3 is 2.57 bits per heavy atom. The summed E-state index contributed by atoms with van der Waals surface area (Å²) in [5, 5.41) is 0.446. The average Bonchev–Trinajstić information content (AvgIpc) is 2.42. The van der Waals surface area contributed by atoms with E-state index >= 15 is 0 Å². The van der Waals surface area contributed by atoms with Crippen LogP contribution in [0.1, 0.15) is 0 Å². The number of methoxy groups -OCH3 is 1. The molecule has 0 atom stereocenters. The molecule has 0 radical (unpaired) electrons. The van der Waals surface area contributed by atoms with Crippen molar-refractivity contribution in [3.63, 3.8) is 0 Å². The number of aromatic nitrogens is 1. The molecule has 0 aliphatic carbocycles. The quantitative estimate of drug-likeness (QED) is 0.773. The van der Waals surface area contributed by atoms with Crippen LogP contribution in [0.4, 0.5) is 5.69 Å². The first-order valence-corrected chi connectivity index (χ1v) is 8.54. The van der Waals surface area contributed by atoms with E-state index in [-0.39, 0.29) is 20.8 Å². The highest BCUT2D eigenvalue weighted by molar-refractivity contribution is 9.10. The third-order valence-corrected chi connectivity index (χ3v) is 5.29. The SMILES string of the molecule is COc1ccc(S(=O)(=O)Nc2cnc(Cl)c(Br)c2)cc1Cl. The van der Waals surface area contributed by atoms with Crippen molar-refractivity contribution in [3.8, 4) is 5.75 Å². The first-order valence-electron chi connectivity index (χ1n) is 5.51. The summed E-state index contributed by atoms with van der Waals surface area (Å²) < 4.78 is 32.4. The zero-order chi connectivity index (χ0) is 15.6. The third kappa shape index (κ3) is 3.79.